The minimum atomic E-state index is -1.27. The molecule has 0 amide bonds. The first-order valence-electron chi connectivity index (χ1n) is 5.15. The smallest absolute Gasteiger partial charge is 0.358 e. The van der Waals surface area contributed by atoms with Crippen molar-refractivity contribution in [2.75, 3.05) is 18.0 Å². The lowest BCUT2D eigenvalue weighted by Gasteiger charge is -2.27. The maximum absolute atomic E-state index is 10.8. The molecule has 0 saturated carbocycles. The molecule has 1 radical (unpaired) electrons. The van der Waals surface area contributed by atoms with Crippen molar-refractivity contribution in [2.45, 2.75) is 19.3 Å². The standard InChI is InChI=1S/C10H12N3O3/c14-8-7(10(15)16)11-6-12-9(8)13-4-2-1-3-5-13/h14H,1-5H2,(H,15,16). The molecular formula is C10H12N3O3. The molecule has 0 unspecified atom stereocenters. The topological polar surface area (TPSA) is 86.5 Å². The van der Waals surface area contributed by atoms with Crippen molar-refractivity contribution >= 4 is 11.8 Å². The van der Waals surface area contributed by atoms with Gasteiger partial charge in [-0.3, -0.25) is 0 Å². The zero-order valence-corrected chi connectivity index (χ0v) is 8.68. The Balaban J connectivity index is 2.33. The molecule has 1 aliphatic heterocycles. The number of hydrogen-bond acceptors (Lipinski definition) is 5. The monoisotopic (exact) mass is 222 g/mol. The number of rotatable bonds is 2. The summed E-state index contributed by atoms with van der Waals surface area (Å²) >= 11 is 0. The largest absolute Gasteiger partial charge is 0.503 e. The van der Waals surface area contributed by atoms with E-state index in [0.717, 1.165) is 32.4 Å². The van der Waals surface area contributed by atoms with Crippen LogP contribution in [0.1, 0.15) is 29.8 Å². The Labute approximate surface area is 92.6 Å². The molecular weight excluding hydrogens is 210 g/mol. The zero-order chi connectivity index (χ0) is 11.5. The van der Waals surface area contributed by atoms with Gasteiger partial charge < -0.3 is 15.1 Å². The van der Waals surface area contributed by atoms with Crippen molar-refractivity contribution in [3.63, 3.8) is 0 Å². The van der Waals surface area contributed by atoms with E-state index in [2.05, 4.69) is 16.3 Å². The highest BCUT2D eigenvalue weighted by Crippen LogP contribution is 2.28. The molecule has 1 aliphatic rings. The number of carboxylic acid groups (broad SMARTS) is 1. The lowest BCUT2D eigenvalue weighted by molar-refractivity contribution is 0.0686. The van der Waals surface area contributed by atoms with Crippen LogP contribution in [0.2, 0.25) is 0 Å². The van der Waals surface area contributed by atoms with E-state index in [1.807, 2.05) is 4.90 Å². The molecule has 2 heterocycles. The summed E-state index contributed by atoms with van der Waals surface area (Å²) in [5, 5.41) is 18.5. The zero-order valence-electron chi connectivity index (χ0n) is 8.68. The van der Waals surface area contributed by atoms with E-state index in [4.69, 9.17) is 5.11 Å². The van der Waals surface area contributed by atoms with Crippen LogP contribution in [0, 0.1) is 6.33 Å². The number of piperidine rings is 1. The van der Waals surface area contributed by atoms with Gasteiger partial charge in [-0.05, 0) is 19.3 Å². The number of carbonyl (C=O) groups is 1. The predicted molar refractivity (Wildman–Crippen MR) is 55.6 cm³/mol. The van der Waals surface area contributed by atoms with Gasteiger partial charge in [0.25, 0.3) is 0 Å². The van der Waals surface area contributed by atoms with Gasteiger partial charge in [0, 0.05) is 13.1 Å². The summed E-state index contributed by atoms with van der Waals surface area (Å²) in [4.78, 5) is 19.9. The van der Waals surface area contributed by atoms with Gasteiger partial charge in [0.15, 0.2) is 17.3 Å². The third kappa shape index (κ3) is 1.91. The fourth-order valence-corrected chi connectivity index (χ4v) is 1.81. The molecule has 1 aromatic rings. The normalized spacial score (nSPS) is 16.1. The molecule has 6 heteroatoms. The van der Waals surface area contributed by atoms with Crippen molar-refractivity contribution in [3.05, 3.63) is 12.0 Å². The number of nitrogens with zero attached hydrogens (tertiary/aromatic N) is 3. The second-order valence-electron chi connectivity index (χ2n) is 3.70. The first-order chi connectivity index (χ1) is 7.70. The van der Waals surface area contributed by atoms with Crippen LogP contribution in [-0.2, 0) is 0 Å². The van der Waals surface area contributed by atoms with E-state index in [-0.39, 0.29) is 11.6 Å². The Bertz CT molecular complexity index is 402. The van der Waals surface area contributed by atoms with Crippen molar-refractivity contribution in [1.29, 1.82) is 0 Å². The Morgan fingerprint density at radius 3 is 2.56 bits per heavy atom. The summed E-state index contributed by atoms with van der Waals surface area (Å²) in [5.74, 6) is -1.37. The minimum absolute atomic E-state index is 0.270. The third-order valence-electron chi connectivity index (χ3n) is 2.61. The second kappa shape index (κ2) is 4.34. The van der Waals surface area contributed by atoms with Gasteiger partial charge in [-0.15, -0.1) is 0 Å². The van der Waals surface area contributed by atoms with Gasteiger partial charge in [0.1, 0.15) is 0 Å². The van der Waals surface area contributed by atoms with Crippen LogP contribution in [0.15, 0.2) is 0 Å². The summed E-state index contributed by atoms with van der Waals surface area (Å²) in [6.07, 6.45) is 5.46. The van der Waals surface area contributed by atoms with Crippen LogP contribution < -0.4 is 4.90 Å². The molecule has 0 bridgehead atoms. The number of carboxylic acids is 1. The Morgan fingerprint density at radius 2 is 1.94 bits per heavy atom. The molecule has 0 aromatic carbocycles. The van der Waals surface area contributed by atoms with Crippen LogP contribution in [-0.4, -0.2) is 39.2 Å². The summed E-state index contributed by atoms with van der Waals surface area (Å²) in [5.41, 5.74) is -0.393. The minimum Gasteiger partial charge on any atom is -0.503 e. The third-order valence-corrected chi connectivity index (χ3v) is 2.61. The molecule has 2 N–H and O–H groups in total. The van der Waals surface area contributed by atoms with Crippen LogP contribution in [0.25, 0.3) is 0 Å². The van der Waals surface area contributed by atoms with Crippen LogP contribution in [0.3, 0.4) is 0 Å². The molecule has 6 nitrogen and oxygen atoms in total. The molecule has 16 heavy (non-hydrogen) atoms. The van der Waals surface area contributed by atoms with E-state index in [1.165, 1.54) is 0 Å². The highest BCUT2D eigenvalue weighted by atomic mass is 16.4. The lowest BCUT2D eigenvalue weighted by atomic mass is 10.1. The Kier molecular flexibility index (Phi) is 2.89. The van der Waals surface area contributed by atoms with Crippen LogP contribution >= 0.6 is 0 Å². The van der Waals surface area contributed by atoms with Gasteiger partial charge in [-0.1, -0.05) is 0 Å². The maximum atomic E-state index is 10.8. The van der Waals surface area contributed by atoms with Crippen LogP contribution in [0.4, 0.5) is 5.82 Å². The summed E-state index contributed by atoms with van der Waals surface area (Å²) in [6, 6.07) is 0. The predicted octanol–water partition coefficient (Wildman–Crippen LogP) is 0.671. The van der Waals surface area contributed by atoms with Crippen molar-refractivity contribution < 1.29 is 15.0 Å². The van der Waals surface area contributed by atoms with Crippen molar-refractivity contribution in [3.8, 4) is 5.75 Å². The molecule has 1 saturated heterocycles. The highest BCUT2D eigenvalue weighted by Gasteiger charge is 2.21. The summed E-state index contributed by atoms with van der Waals surface area (Å²) < 4.78 is 0. The fourth-order valence-electron chi connectivity index (χ4n) is 1.81. The van der Waals surface area contributed by atoms with E-state index in [9.17, 15) is 9.90 Å². The Morgan fingerprint density at radius 1 is 1.25 bits per heavy atom. The number of hydrogen-bond donors (Lipinski definition) is 2. The molecule has 1 fully saturated rings. The van der Waals surface area contributed by atoms with Crippen molar-refractivity contribution in [1.82, 2.24) is 9.97 Å². The van der Waals surface area contributed by atoms with Gasteiger partial charge in [0.05, 0.1) is 0 Å². The maximum Gasteiger partial charge on any atom is 0.358 e. The first kappa shape index (κ1) is 10.7. The number of aromatic hydroxyl groups is 1. The number of anilines is 1. The quantitative estimate of drug-likeness (QED) is 0.764. The number of aromatic nitrogens is 2. The molecule has 2 rings (SSSR count). The van der Waals surface area contributed by atoms with Gasteiger partial charge in [0.2, 0.25) is 6.33 Å². The first-order valence-corrected chi connectivity index (χ1v) is 5.15. The fraction of sp³-hybridized carbons (Fsp3) is 0.500. The van der Waals surface area contributed by atoms with E-state index in [1.54, 1.807) is 0 Å². The summed E-state index contributed by atoms with van der Waals surface area (Å²) in [7, 11) is 0. The van der Waals surface area contributed by atoms with Crippen molar-refractivity contribution in [2.24, 2.45) is 0 Å². The van der Waals surface area contributed by atoms with Gasteiger partial charge in [-0.25, -0.2) is 14.8 Å². The lowest BCUT2D eigenvalue weighted by Crippen LogP contribution is -2.30. The second-order valence-corrected chi connectivity index (χ2v) is 3.70. The average Bonchev–Trinajstić information content (AvgIpc) is 2.30. The van der Waals surface area contributed by atoms with E-state index in [0.29, 0.717) is 0 Å². The molecule has 0 spiro atoms. The molecule has 0 atom stereocenters. The van der Waals surface area contributed by atoms with E-state index >= 15 is 0 Å². The highest BCUT2D eigenvalue weighted by molar-refractivity contribution is 5.90. The SMILES string of the molecule is O=C(O)c1n[c]nc(N2CCCCC2)c1O. The molecule has 1 aromatic heterocycles. The Hall–Kier alpha value is -1.85. The van der Waals surface area contributed by atoms with Gasteiger partial charge >= 0.3 is 5.97 Å². The summed E-state index contributed by atoms with van der Waals surface area (Å²) in [6.45, 7) is 1.55. The number of aromatic carboxylic acids is 1. The van der Waals surface area contributed by atoms with Crippen LogP contribution in [0.5, 0.6) is 5.75 Å². The van der Waals surface area contributed by atoms with E-state index < -0.39 is 11.7 Å². The van der Waals surface area contributed by atoms with Gasteiger partial charge in [-0.2, -0.15) is 0 Å². The average molecular weight is 222 g/mol. The molecule has 85 valence electrons. The molecule has 0 aliphatic carbocycles.